The standard InChI is InChI=1S/C13H15NO2/c1-15-13(8-14-9-13)7-10-2-3-12-11(6-10)4-5-16-12/h2-6,14H,7-9H2,1H3. The summed E-state index contributed by atoms with van der Waals surface area (Å²) in [5, 5.41) is 4.42. The van der Waals surface area contributed by atoms with Gasteiger partial charge in [-0.1, -0.05) is 6.07 Å². The molecule has 0 spiro atoms. The molecule has 0 radical (unpaired) electrons. The molecule has 1 saturated heterocycles. The average Bonchev–Trinajstić information content (AvgIpc) is 2.70. The van der Waals surface area contributed by atoms with Crippen molar-refractivity contribution in [1.82, 2.24) is 5.32 Å². The van der Waals surface area contributed by atoms with Gasteiger partial charge in [-0.05, 0) is 23.8 Å². The van der Waals surface area contributed by atoms with Crippen molar-refractivity contribution in [2.75, 3.05) is 20.2 Å². The number of hydrogen-bond acceptors (Lipinski definition) is 3. The molecule has 0 unspecified atom stereocenters. The van der Waals surface area contributed by atoms with Crippen molar-refractivity contribution < 1.29 is 9.15 Å². The summed E-state index contributed by atoms with van der Waals surface area (Å²) >= 11 is 0. The number of methoxy groups -OCH3 is 1. The molecule has 1 aromatic carbocycles. The van der Waals surface area contributed by atoms with Crippen LogP contribution in [0.1, 0.15) is 5.56 Å². The minimum Gasteiger partial charge on any atom is -0.464 e. The van der Waals surface area contributed by atoms with E-state index in [9.17, 15) is 0 Å². The Bertz CT molecular complexity index is 494. The maximum Gasteiger partial charge on any atom is 0.133 e. The Morgan fingerprint density at radius 3 is 2.94 bits per heavy atom. The van der Waals surface area contributed by atoms with Gasteiger partial charge in [0.25, 0.3) is 0 Å². The van der Waals surface area contributed by atoms with Gasteiger partial charge in [0.1, 0.15) is 5.58 Å². The summed E-state index contributed by atoms with van der Waals surface area (Å²) in [4.78, 5) is 0. The summed E-state index contributed by atoms with van der Waals surface area (Å²) in [5.74, 6) is 0. The van der Waals surface area contributed by atoms with Crippen molar-refractivity contribution in [2.24, 2.45) is 0 Å². The second-order valence-electron chi connectivity index (χ2n) is 4.46. The topological polar surface area (TPSA) is 34.4 Å². The number of nitrogens with one attached hydrogen (secondary N) is 1. The summed E-state index contributed by atoms with van der Waals surface area (Å²) in [5.41, 5.74) is 2.25. The van der Waals surface area contributed by atoms with Crippen LogP contribution < -0.4 is 5.32 Å². The molecule has 1 fully saturated rings. The molecule has 0 saturated carbocycles. The van der Waals surface area contributed by atoms with Crippen molar-refractivity contribution in [2.45, 2.75) is 12.0 Å². The van der Waals surface area contributed by atoms with E-state index in [1.807, 2.05) is 12.1 Å². The SMILES string of the molecule is COC1(Cc2ccc3occc3c2)CNC1. The van der Waals surface area contributed by atoms with E-state index in [1.54, 1.807) is 13.4 Å². The van der Waals surface area contributed by atoms with E-state index in [2.05, 4.69) is 17.4 Å². The van der Waals surface area contributed by atoms with Gasteiger partial charge in [-0.3, -0.25) is 0 Å². The van der Waals surface area contributed by atoms with Crippen LogP contribution in [0.5, 0.6) is 0 Å². The molecule has 3 nitrogen and oxygen atoms in total. The lowest BCUT2D eigenvalue weighted by Gasteiger charge is -2.41. The molecular weight excluding hydrogens is 202 g/mol. The van der Waals surface area contributed by atoms with Crippen molar-refractivity contribution in [3.05, 3.63) is 36.1 Å². The highest BCUT2D eigenvalue weighted by molar-refractivity contribution is 5.77. The first-order valence-electron chi connectivity index (χ1n) is 5.53. The second-order valence-corrected chi connectivity index (χ2v) is 4.46. The van der Waals surface area contributed by atoms with E-state index < -0.39 is 0 Å². The minimum atomic E-state index is -0.00257. The third-order valence-electron chi connectivity index (χ3n) is 3.37. The highest BCUT2D eigenvalue weighted by Crippen LogP contribution is 2.24. The van der Waals surface area contributed by atoms with Crippen molar-refractivity contribution in [1.29, 1.82) is 0 Å². The number of rotatable bonds is 3. The minimum absolute atomic E-state index is 0.00257. The number of furan rings is 1. The molecule has 0 bridgehead atoms. The lowest BCUT2D eigenvalue weighted by atomic mass is 9.88. The van der Waals surface area contributed by atoms with Crippen LogP contribution >= 0.6 is 0 Å². The molecule has 3 rings (SSSR count). The molecule has 0 atom stereocenters. The molecule has 0 amide bonds. The zero-order valence-electron chi connectivity index (χ0n) is 9.32. The van der Waals surface area contributed by atoms with Crippen molar-refractivity contribution in [3.63, 3.8) is 0 Å². The summed E-state index contributed by atoms with van der Waals surface area (Å²) < 4.78 is 10.9. The van der Waals surface area contributed by atoms with E-state index in [-0.39, 0.29) is 5.60 Å². The van der Waals surface area contributed by atoms with Gasteiger partial charge in [-0.2, -0.15) is 0 Å². The van der Waals surface area contributed by atoms with E-state index >= 15 is 0 Å². The second kappa shape index (κ2) is 3.61. The van der Waals surface area contributed by atoms with E-state index in [0.29, 0.717) is 0 Å². The fourth-order valence-electron chi connectivity index (χ4n) is 2.24. The number of benzene rings is 1. The van der Waals surface area contributed by atoms with Crippen LogP contribution in [0.3, 0.4) is 0 Å². The third kappa shape index (κ3) is 1.52. The van der Waals surface area contributed by atoms with Crippen LogP contribution in [-0.2, 0) is 11.2 Å². The Hall–Kier alpha value is -1.32. The Balaban J connectivity index is 1.88. The first-order valence-corrected chi connectivity index (χ1v) is 5.53. The van der Waals surface area contributed by atoms with Gasteiger partial charge in [0, 0.05) is 32.0 Å². The third-order valence-corrected chi connectivity index (χ3v) is 3.37. The molecule has 16 heavy (non-hydrogen) atoms. The molecule has 1 aliphatic heterocycles. The lowest BCUT2D eigenvalue weighted by Crippen LogP contribution is -2.61. The zero-order valence-corrected chi connectivity index (χ0v) is 9.32. The number of ether oxygens (including phenoxy) is 1. The quantitative estimate of drug-likeness (QED) is 0.853. The highest BCUT2D eigenvalue weighted by atomic mass is 16.5. The summed E-state index contributed by atoms with van der Waals surface area (Å²) in [6.45, 7) is 1.87. The van der Waals surface area contributed by atoms with Gasteiger partial charge in [0.2, 0.25) is 0 Å². The maximum absolute atomic E-state index is 5.59. The fraction of sp³-hybridized carbons (Fsp3) is 0.385. The van der Waals surface area contributed by atoms with Gasteiger partial charge in [0.05, 0.1) is 11.9 Å². The van der Waals surface area contributed by atoms with Crippen LogP contribution in [0.4, 0.5) is 0 Å². The fourth-order valence-corrected chi connectivity index (χ4v) is 2.24. The van der Waals surface area contributed by atoms with E-state index in [0.717, 1.165) is 30.5 Å². The first-order chi connectivity index (χ1) is 7.81. The molecule has 3 heteroatoms. The largest absolute Gasteiger partial charge is 0.464 e. The molecule has 0 aliphatic carbocycles. The Kier molecular flexibility index (Phi) is 2.23. The summed E-state index contributed by atoms with van der Waals surface area (Å²) in [6.07, 6.45) is 2.68. The van der Waals surface area contributed by atoms with Gasteiger partial charge in [0.15, 0.2) is 0 Å². The van der Waals surface area contributed by atoms with E-state index in [4.69, 9.17) is 9.15 Å². The zero-order chi connectivity index (χ0) is 11.0. The molecule has 1 aliphatic rings. The predicted molar refractivity (Wildman–Crippen MR) is 62.5 cm³/mol. The monoisotopic (exact) mass is 217 g/mol. The Labute approximate surface area is 94.4 Å². The lowest BCUT2D eigenvalue weighted by molar-refractivity contribution is -0.0502. The predicted octanol–water partition coefficient (Wildman–Crippen LogP) is 1.96. The van der Waals surface area contributed by atoms with Gasteiger partial charge < -0.3 is 14.5 Å². The highest BCUT2D eigenvalue weighted by Gasteiger charge is 2.36. The van der Waals surface area contributed by atoms with Crippen LogP contribution in [0.15, 0.2) is 34.9 Å². The van der Waals surface area contributed by atoms with Crippen LogP contribution in [0.25, 0.3) is 11.0 Å². The van der Waals surface area contributed by atoms with Gasteiger partial charge >= 0.3 is 0 Å². The van der Waals surface area contributed by atoms with Crippen molar-refractivity contribution >= 4 is 11.0 Å². The van der Waals surface area contributed by atoms with Crippen LogP contribution in [0, 0.1) is 0 Å². The number of hydrogen-bond donors (Lipinski definition) is 1. The van der Waals surface area contributed by atoms with Crippen molar-refractivity contribution in [3.8, 4) is 0 Å². The molecular formula is C13H15NO2. The van der Waals surface area contributed by atoms with E-state index in [1.165, 1.54) is 5.56 Å². The van der Waals surface area contributed by atoms with Crippen LogP contribution in [-0.4, -0.2) is 25.8 Å². The molecule has 1 N–H and O–H groups in total. The van der Waals surface area contributed by atoms with Gasteiger partial charge in [-0.25, -0.2) is 0 Å². The summed E-state index contributed by atoms with van der Waals surface area (Å²) in [6, 6.07) is 8.32. The normalized spacial score (nSPS) is 18.6. The first kappa shape index (κ1) is 9.87. The number of fused-ring (bicyclic) bond motifs is 1. The summed E-state index contributed by atoms with van der Waals surface area (Å²) in [7, 11) is 1.79. The Morgan fingerprint density at radius 2 is 2.25 bits per heavy atom. The smallest absolute Gasteiger partial charge is 0.133 e. The average molecular weight is 217 g/mol. The Morgan fingerprint density at radius 1 is 1.38 bits per heavy atom. The molecule has 2 heterocycles. The molecule has 84 valence electrons. The van der Waals surface area contributed by atoms with Gasteiger partial charge in [-0.15, -0.1) is 0 Å². The molecule has 2 aromatic rings. The van der Waals surface area contributed by atoms with Crippen LogP contribution in [0.2, 0.25) is 0 Å². The molecule has 1 aromatic heterocycles. The maximum atomic E-state index is 5.59.